The first-order chi connectivity index (χ1) is 9.40. The number of hydrogen-bond acceptors (Lipinski definition) is 5. The van der Waals surface area contributed by atoms with Crippen LogP contribution in [-0.4, -0.2) is 23.2 Å². The standard InChI is InChI=1S/C11H8F3N3O2S/c1-19-7-4-2-6(3-5-7)8(18)15-10-17-16-9(20-10)11(12,13)14/h2-5H,1H3,(H,15,17,18). The van der Waals surface area contributed by atoms with Crippen LogP contribution >= 0.6 is 11.3 Å². The molecule has 5 nitrogen and oxygen atoms in total. The van der Waals surface area contributed by atoms with E-state index in [9.17, 15) is 18.0 Å². The number of carbonyl (C=O) groups excluding carboxylic acids is 1. The monoisotopic (exact) mass is 303 g/mol. The molecule has 1 heterocycles. The molecule has 1 aromatic heterocycles. The van der Waals surface area contributed by atoms with Gasteiger partial charge in [0.15, 0.2) is 0 Å². The molecule has 0 aliphatic carbocycles. The van der Waals surface area contributed by atoms with Crippen LogP contribution in [0.25, 0.3) is 0 Å². The Bertz CT molecular complexity index is 610. The summed E-state index contributed by atoms with van der Waals surface area (Å²) in [6, 6.07) is 6.10. The highest BCUT2D eigenvalue weighted by atomic mass is 32.1. The summed E-state index contributed by atoms with van der Waals surface area (Å²) in [7, 11) is 1.48. The molecular formula is C11H8F3N3O2S. The quantitative estimate of drug-likeness (QED) is 0.947. The van der Waals surface area contributed by atoms with Crippen LogP contribution in [0.1, 0.15) is 15.4 Å². The number of alkyl halides is 3. The molecular weight excluding hydrogens is 295 g/mol. The second-order valence-electron chi connectivity index (χ2n) is 3.59. The van der Waals surface area contributed by atoms with E-state index in [1.807, 2.05) is 0 Å². The molecule has 0 aliphatic heterocycles. The first kappa shape index (κ1) is 14.3. The normalized spacial score (nSPS) is 11.2. The van der Waals surface area contributed by atoms with Gasteiger partial charge in [0.25, 0.3) is 5.91 Å². The van der Waals surface area contributed by atoms with E-state index in [2.05, 4.69) is 15.5 Å². The van der Waals surface area contributed by atoms with Gasteiger partial charge in [0.1, 0.15) is 5.75 Å². The third-order valence-corrected chi connectivity index (χ3v) is 3.12. The molecule has 0 saturated heterocycles. The van der Waals surface area contributed by atoms with Crippen LogP contribution in [0, 0.1) is 0 Å². The SMILES string of the molecule is COc1ccc(C(=O)Nc2nnc(C(F)(F)F)s2)cc1. The molecule has 0 unspecified atom stereocenters. The number of hydrogen-bond donors (Lipinski definition) is 1. The number of halogens is 3. The van der Waals surface area contributed by atoms with Crippen LogP contribution in [0.5, 0.6) is 5.75 Å². The maximum Gasteiger partial charge on any atom is 0.445 e. The molecule has 0 saturated carbocycles. The van der Waals surface area contributed by atoms with Crippen LogP contribution in [-0.2, 0) is 6.18 Å². The van der Waals surface area contributed by atoms with Gasteiger partial charge in [-0.25, -0.2) is 0 Å². The number of ether oxygens (including phenoxy) is 1. The average Bonchev–Trinajstić information content (AvgIpc) is 2.87. The zero-order chi connectivity index (χ0) is 14.8. The molecule has 0 bridgehead atoms. The molecule has 0 fully saturated rings. The molecule has 0 aliphatic rings. The molecule has 9 heteroatoms. The third-order valence-electron chi connectivity index (χ3n) is 2.24. The van der Waals surface area contributed by atoms with Crippen LogP contribution in [0.3, 0.4) is 0 Å². The number of methoxy groups -OCH3 is 1. The van der Waals surface area contributed by atoms with Crippen molar-refractivity contribution in [3.63, 3.8) is 0 Å². The summed E-state index contributed by atoms with van der Waals surface area (Å²) in [5.41, 5.74) is 0.273. The van der Waals surface area contributed by atoms with Gasteiger partial charge in [-0.3, -0.25) is 10.1 Å². The first-order valence-corrected chi connectivity index (χ1v) is 6.08. The maximum atomic E-state index is 12.3. The summed E-state index contributed by atoms with van der Waals surface area (Å²) in [5.74, 6) is -0.00523. The Hall–Kier alpha value is -2.16. The van der Waals surface area contributed by atoms with Crippen LogP contribution in [0.2, 0.25) is 0 Å². The topological polar surface area (TPSA) is 64.1 Å². The molecule has 2 aromatic rings. The Morgan fingerprint density at radius 1 is 1.25 bits per heavy atom. The van der Waals surface area contributed by atoms with Crippen molar-refractivity contribution in [2.45, 2.75) is 6.18 Å². The number of rotatable bonds is 3. The van der Waals surface area contributed by atoms with Crippen molar-refractivity contribution in [2.75, 3.05) is 12.4 Å². The summed E-state index contributed by atoms with van der Waals surface area (Å²) in [6.45, 7) is 0. The van der Waals surface area contributed by atoms with E-state index in [1.54, 1.807) is 12.1 Å². The fourth-order valence-corrected chi connectivity index (χ4v) is 1.91. The number of aromatic nitrogens is 2. The number of nitrogens with one attached hydrogen (secondary N) is 1. The minimum Gasteiger partial charge on any atom is -0.497 e. The van der Waals surface area contributed by atoms with E-state index >= 15 is 0 Å². The third kappa shape index (κ3) is 3.23. The first-order valence-electron chi connectivity index (χ1n) is 5.26. The van der Waals surface area contributed by atoms with Crippen molar-refractivity contribution >= 4 is 22.4 Å². The molecule has 1 aromatic carbocycles. The van der Waals surface area contributed by atoms with Gasteiger partial charge in [-0.05, 0) is 24.3 Å². The highest BCUT2D eigenvalue weighted by molar-refractivity contribution is 7.15. The summed E-state index contributed by atoms with van der Waals surface area (Å²) in [6.07, 6.45) is -4.57. The summed E-state index contributed by atoms with van der Waals surface area (Å²) in [5, 5.41) is 7.18. The number of amides is 1. The molecule has 106 valence electrons. The Labute approximate surface area is 115 Å². The zero-order valence-corrected chi connectivity index (χ0v) is 10.9. The largest absolute Gasteiger partial charge is 0.497 e. The fraction of sp³-hybridized carbons (Fsp3) is 0.182. The predicted molar refractivity (Wildman–Crippen MR) is 65.9 cm³/mol. The van der Waals surface area contributed by atoms with E-state index in [-0.39, 0.29) is 22.0 Å². The minimum absolute atomic E-state index is 0.210. The van der Waals surface area contributed by atoms with Gasteiger partial charge >= 0.3 is 6.18 Å². The van der Waals surface area contributed by atoms with Gasteiger partial charge in [-0.1, -0.05) is 11.3 Å². The summed E-state index contributed by atoms with van der Waals surface area (Å²) >= 11 is 0.267. The molecule has 1 N–H and O–H groups in total. The number of benzene rings is 1. The van der Waals surface area contributed by atoms with E-state index in [1.165, 1.54) is 19.2 Å². The fourth-order valence-electron chi connectivity index (χ4n) is 1.30. The van der Waals surface area contributed by atoms with E-state index in [0.717, 1.165) is 0 Å². The molecule has 20 heavy (non-hydrogen) atoms. The highest BCUT2D eigenvalue weighted by Crippen LogP contribution is 2.33. The second kappa shape index (κ2) is 5.45. The lowest BCUT2D eigenvalue weighted by molar-refractivity contribution is -0.138. The number of anilines is 1. The van der Waals surface area contributed by atoms with Gasteiger partial charge in [-0.2, -0.15) is 13.2 Å². The van der Waals surface area contributed by atoms with E-state index in [0.29, 0.717) is 5.75 Å². The smallest absolute Gasteiger partial charge is 0.445 e. The average molecular weight is 303 g/mol. The van der Waals surface area contributed by atoms with Gasteiger partial charge < -0.3 is 4.74 Å². The van der Waals surface area contributed by atoms with Crippen LogP contribution in [0.4, 0.5) is 18.3 Å². The Morgan fingerprint density at radius 2 is 1.90 bits per heavy atom. The molecule has 1 amide bonds. The molecule has 0 spiro atoms. The minimum atomic E-state index is -4.57. The lowest BCUT2D eigenvalue weighted by Crippen LogP contribution is -2.11. The Kier molecular flexibility index (Phi) is 3.89. The Balaban J connectivity index is 2.09. The second-order valence-corrected chi connectivity index (χ2v) is 4.57. The number of carbonyl (C=O) groups is 1. The molecule has 2 rings (SSSR count). The molecule has 0 atom stereocenters. The van der Waals surface area contributed by atoms with Gasteiger partial charge in [0.05, 0.1) is 7.11 Å². The number of nitrogens with zero attached hydrogens (tertiary/aromatic N) is 2. The van der Waals surface area contributed by atoms with E-state index < -0.39 is 17.1 Å². The zero-order valence-electron chi connectivity index (χ0n) is 10.1. The van der Waals surface area contributed by atoms with Crippen molar-refractivity contribution in [2.24, 2.45) is 0 Å². The lowest BCUT2D eigenvalue weighted by Gasteiger charge is -2.03. The summed E-state index contributed by atoms with van der Waals surface area (Å²) in [4.78, 5) is 11.8. The van der Waals surface area contributed by atoms with Crippen molar-refractivity contribution in [3.8, 4) is 5.75 Å². The Morgan fingerprint density at radius 3 is 2.40 bits per heavy atom. The maximum absolute atomic E-state index is 12.3. The summed E-state index contributed by atoms with van der Waals surface area (Å²) < 4.78 is 41.9. The van der Waals surface area contributed by atoms with Crippen molar-refractivity contribution in [1.29, 1.82) is 0 Å². The lowest BCUT2D eigenvalue weighted by atomic mass is 10.2. The van der Waals surface area contributed by atoms with Crippen molar-refractivity contribution in [1.82, 2.24) is 10.2 Å². The van der Waals surface area contributed by atoms with E-state index in [4.69, 9.17) is 4.74 Å². The highest BCUT2D eigenvalue weighted by Gasteiger charge is 2.35. The molecule has 0 radical (unpaired) electrons. The van der Waals surface area contributed by atoms with Crippen LogP contribution in [0.15, 0.2) is 24.3 Å². The predicted octanol–water partition coefficient (Wildman–Crippen LogP) is 2.82. The van der Waals surface area contributed by atoms with Gasteiger partial charge in [-0.15, -0.1) is 10.2 Å². The van der Waals surface area contributed by atoms with Gasteiger partial charge in [0.2, 0.25) is 10.1 Å². The van der Waals surface area contributed by atoms with Crippen molar-refractivity contribution < 1.29 is 22.7 Å². The van der Waals surface area contributed by atoms with Crippen molar-refractivity contribution in [3.05, 3.63) is 34.8 Å². The van der Waals surface area contributed by atoms with Crippen LogP contribution < -0.4 is 10.1 Å². The van der Waals surface area contributed by atoms with Gasteiger partial charge in [0, 0.05) is 5.56 Å².